The molecular weight excluding hydrogens is 298 g/mol. The van der Waals surface area contributed by atoms with Crippen LogP contribution in [0.3, 0.4) is 0 Å². The summed E-state index contributed by atoms with van der Waals surface area (Å²) >= 11 is 3.30. The molecule has 96 valence electrons. The van der Waals surface area contributed by atoms with Crippen molar-refractivity contribution < 1.29 is 14.3 Å². The van der Waals surface area contributed by atoms with Gasteiger partial charge >= 0.3 is 5.91 Å². The van der Waals surface area contributed by atoms with Gasteiger partial charge in [-0.3, -0.25) is 14.5 Å². The second-order valence-corrected chi connectivity index (χ2v) is 5.05. The van der Waals surface area contributed by atoms with Gasteiger partial charge in [-0.25, -0.2) is 0 Å². The van der Waals surface area contributed by atoms with Gasteiger partial charge in [-0.05, 0) is 31.5 Å². The zero-order valence-electron chi connectivity index (χ0n) is 10.3. The topological polar surface area (TPSA) is 46.6 Å². The first-order valence-corrected chi connectivity index (χ1v) is 6.64. The van der Waals surface area contributed by atoms with E-state index in [9.17, 15) is 9.59 Å². The number of anilines is 1. The summed E-state index contributed by atoms with van der Waals surface area (Å²) in [6.07, 6.45) is 0.442. The van der Waals surface area contributed by atoms with Gasteiger partial charge in [-0.15, -0.1) is 0 Å². The van der Waals surface area contributed by atoms with E-state index in [2.05, 4.69) is 15.9 Å². The van der Waals surface area contributed by atoms with Gasteiger partial charge in [0.1, 0.15) is 6.23 Å². The van der Waals surface area contributed by atoms with Crippen LogP contribution < -0.4 is 4.90 Å². The lowest BCUT2D eigenvalue weighted by atomic mass is 10.1. The zero-order chi connectivity index (χ0) is 13.3. The first kappa shape index (κ1) is 13.2. The largest absolute Gasteiger partial charge is 0.358 e. The van der Waals surface area contributed by atoms with Gasteiger partial charge in [-0.1, -0.05) is 22.9 Å². The second-order valence-electron chi connectivity index (χ2n) is 4.14. The van der Waals surface area contributed by atoms with Gasteiger partial charge in [0.2, 0.25) is 0 Å². The van der Waals surface area contributed by atoms with Gasteiger partial charge in [0.05, 0.1) is 11.3 Å². The Morgan fingerprint density at radius 3 is 2.78 bits per heavy atom. The number of ketones is 1. The second kappa shape index (κ2) is 5.20. The minimum absolute atomic E-state index is 0.427. The highest BCUT2D eigenvalue weighted by atomic mass is 79.9. The Kier molecular flexibility index (Phi) is 3.82. The van der Waals surface area contributed by atoms with E-state index in [1.165, 1.54) is 4.90 Å². The van der Waals surface area contributed by atoms with Gasteiger partial charge < -0.3 is 4.74 Å². The van der Waals surface area contributed by atoms with E-state index in [0.717, 1.165) is 10.9 Å². The highest BCUT2D eigenvalue weighted by Crippen LogP contribution is 2.32. The predicted molar refractivity (Wildman–Crippen MR) is 71.7 cm³/mol. The lowest BCUT2D eigenvalue weighted by molar-refractivity contribution is -0.116. The molecule has 0 spiro atoms. The number of carbonyl (C=O) groups is 2. The van der Waals surface area contributed by atoms with Crippen molar-refractivity contribution in [1.29, 1.82) is 0 Å². The summed E-state index contributed by atoms with van der Waals surface area (Å²) in [5.74, 6) is -0.995. The highest BCUT2D eigenvalue weighted by Gasteiger charge is 2.38. The Labute approximate surface area is 114 Å². The number of carbonyl (C=O) groups excluding carboxylic acids is 2. The van der Waals surface area contributed by atoms with Gasteiger partial charge in [0, 0.05) is 11.1 Å². The minimum Gasteiger partial charge on any atom is -0.358 e. The van der Waals surface area contributed by atoms with Crippen molar-refractivity contribution in [2.24, 2.45) is 0 Å². The first-order valence-electron chi connectivity index (χ1n) is 5.85. The van der Waals surface area contributed by atoms with Crippen LogP contribution in [0.25, 0.3) is 0 Å². The van der Waals surface area contributed by atoms with Crippen molar-refractivity contribution >= 4 is 33.3 Å². The lowest BCUT2D eigenvalue weighted by Gasteiger charge is -2.24. The monoisotopic (exact) mass is 311 g/mol. The van der Waals surface area contributed by atoms with Crippen LogP contribution in [-0.4, -0.2) is 24.5 Å². The maximum atomic E-state index is 12.0. The van der Waals surface area contributed by atoms with Crippen LogP contribution in [0.2, 0.25) is 0 Å². The summed E-state index contributed by atoms with van der Waals surface area (Å²) in [6.45, 7) is 4.33. The molecule has 1 atom stereocenters. The molecule has 0 radical (unpaired) electrons. The van der Waals surface area contributed by atoms with E-state index >= 15 is 0 Å². The lowest BCUT2D eigenvalue weighted by Crippen LogP contribution is -2.39. The SMILES string of the molecule is CCCOC(C)N1C(=O)C(=O)c2cc(Br)ccc21. The van der Waals surface area contributed by atoms with Gasteiger partial charge in [0.25, 0.3) is 5.78 Å². The van der Waals surface area contributed by atoms with Crippen LogP contribution in [0, 0.1) is 0 Å². The molecule has 2 rings (SSSR count). The number of hydrogen-bond donors (Lipinski definition) is 0. The zero-order valence-corrected chi connectivity index (χ0v) is 11.9. The molecule has 0 fully saturated rings. The molecule has 0 N–H and O–H groups in total. The third-order valence-electron chi connectivity index (χ3n) is 2.80. The quantitative estimate of drug-likeness (QED) is 0.803. The molecule has 1 unspecified atom stereocenters. The summed E-state index contributed by atoms with van der Waals surface area (Å²) < 4.78 is 6.31. The molecule has 0 saturated heterocycles. The number of halogens is 1. The minimum atomic E-state index is -0.522. The Hall–Kier alpha value is -1.20. The fraction of sp³-hybridized carbons (Fsp3) is 0.385. The molecule has 0 saturated carbocycles. The number of fused-ring (bicyclic) bond motifs is 1. The molecule has 1 aromatic carbocycles. The average molecular weight is 312 g/mol. The molecule has 0 aromatic heterocycles. The fourth-order valence-corrected chi connectivity index (χ4v) is 2.32. The molecule has 1 aliphatic rings. The van der Waals surface area contributed by atoms with Gasteiger partial charge in [0.15, 0.2) is 0 Å². The van der Waals surface area contributed by atoms with Crippen molar-refractivity contribution in [3.8, 4) is 0 Å². The van der Waals surface area contributed by atoms with Crippen LogP contribution >= 0.6 is 15.9 Å². The predicted octanol–water partition coefficient (Wildman–Crippen LogP) is 2.75. The third-order valence-corrected chi connectivity index (χ3v) is 3.30. The number of amides is 1. The molecule has 4 nitrogen and oxygen atoms in total. The van der Waals surface area contributed by atoms with E-state index in [1.54, 1.807) is 19.1 Å². The number of Topliss-reactive ketones (excluding diaryl/α,β-unsaturated/α-hetero) is 1. The van der Waals surface area contributed by atoms with Gasteiger partial charge in [-0.2, -0.15) is 0 Å². The van der Waals surface area contributed by atoms with Crippen LogP contribution in [0.1, 0.15) is 30.6 Å². The van der Waals surface area contributed by atoms with Crippen molar-refractivity contribution in [3.05, 3.63) is 28.2 Å². The Bertz CT molecular complexity index is 501. The summed E-state index contributed by atoms with van der Waals surface area (Å²) in [4.78, 5) is 25.2. The normalized spacial score (nSPS) is 16.1. The van der Waals surface area contributed by atoms with E-state index in [4.69, 9.17) is 4.74 Å². The van der Waals surface area contributed by atoms with Crippen LogP contribution in [0.5, 0.6) is 0 Å². The van der Waals surface area contributed by atoms with Crippen LogP contribution in [0.15, 0.2) is 22.7 Å². The number of benzene rings is 1. The molecule has 5 heteroatoms. The van der Waals surface area contributed by atoms with E-state index in [-0.39, 0.29) is 0 Å². The van der Waals surface area contributed by atoms with E-state index in [0.29, 0.717) is 17.9 Å². The summed E-state index contributed by atoms with van der Waals surface area (Å²) in [7, 11) is 0. The standard InChI is InChI=1S/C13H14BrNO3/c1-3-6-18-8(2)15-11-5-4-9(14)7-10(11)12(16)13(15)17/h4-5,7-8H,3,6H2,1-2H3. The number of nitrogens with zero attached hydrogens (tertiary/aromatic N) is 1. The van der Waals surface area contributed by atoms with E-state index < -0.39 is 17.9 Å². The maximum Gasteiger partial charge on any atom is 0.301 e. The molecule has 18 heavy (non-hydrogen) atoms. The van der Waals surface area contributed by atoms with Crippen LogP contribution in [-0.2, 0) is 9.53 Å². The molecular formula is C13H14BrNO3. The number of ether oxygens (including phenoxy) is 1. The first-order chi connectivity index (χ1) is 8.56. The van der Waals surface area contributed by atoms with Crippen LogP contribution in [0.4, 0.5) is 5.69 Å². The van der Waals surface area contributed by atoms with Crippen molar-refractivity contribution in [3.63, 3.8) is 0 Å². The number of rotatable bonds is 4. The fourth-order valence-electron chi connectivity index (χ4n) is 1.96. The number of hydrogen-bond acceptors (Lipinski definition) is 3. The van der Waals surface area contributed by atoms with Crippen molar-refractivity contribution in [2.45, 2.75) is 26.5 Å². The Morgan fingerprint density at radius 2 is 2.11 bits per heavy atom. The highest BCUT2D eigenvalue weighted by molar-refractivity contribution is 9.10. The van der Waals surface area contributed by atoms with E-state index in [1.807, 2.05) is 13.0 Å². The Morgan fingerprint density at radius 1 is 1.39 bits per heavy atom. The Balaban J connectivity index is 2.34. The van der Waals surface area contributed by atoms with Crippen molar-refractivity contribution in [1.82, 2.24) is 0 Å². The molecule has 1 aliphatic heterocycles. The third kappa shape index (κ3) is 2.20. The van der Waals surface area contributed by atoms with Crippen molar-refractivity contribution in [2.75, 3.05) is 11.5 Å². The average Bonchev–Trinajstić information content (AvgIpc) is 2.60. The molecule has 1 amide bonds. The summed E-state index contributed by atoms with van der Waals surface area (Å²) in [5, 5.41) is 0. The molecule has 1 heterocycles. The summed E-state index contributed by atoms with van der Waals surface area (Å²) in [5.41, 5.74) is 1.05. The molecule has 1 aromatic rings. The maximum absolute atomic E-state index is 12.0. The summed E-state index contributed by atoms with van der Waals surface area (Å²) in [6, 6.07) is 5.24. The smallest absolute Gasteiger partial charge is 0.301 e. The molecule has 0 bridgehead atoms. The molecule has 0 aliphatic carbocycles.